The van der Waals surface area contributed by atoms with Crippen LogP contribution in [-0.4, -0.2) is 66.4 Å². The van der Waals surface area contributed by atoms with Crippen molar-refractivity contribution in [1.82, 2.24) is 23.8 Å². The van der Waals surface area contributed by atoms with Gasteiger partial charge in [-0.25, -0.2) is 22.1 Å². The first-order chi connectivity index (χ1) is 19.0. The standard InChI is InChI=1S/C25H26FN7O5S2/c1-40(37,38)32-8-6-20(7-9-32)29-25-28-14-17-3-5-23(34)33(24(17)30-25)15-16-2-4-22(27-13-16)18-10-19(26)12-21(11-18)31-39(35)36/h2-5,10-14,20,31H,6-9,15H2,1H3,(H,35,36)(H,28,29,30)/p-1. The Kier molecular flexibility index (Phi) is 7.89. The van der Waals surface area contributed by atoms with Crippen molar-refractivity contribution in [2.45, 2.75) is 25.4 Å². The van der Waals surface area contributed by atoms with Crippen LogP contribution in [0.4, 0.5) is 16.0 Å². The van der Waals surface area contributed by atoms with Gasteiger partial charge >= 0.3 is 0 Å². The van der Waals surface area contributed by atoms with Crippen molar-refractivity contribution in [3.8, 4) is 11.3 Å². The van der Waals surface area contributed by atoms with Crippen LogP contribution in [0.2, 0.25) is 0 Å². The van der Waals surface area contributed by atoms with Gasteiger partial charge in [-0.2, -0.15) is 4.98 Å². The quantitative estimate of drug-likeness (QED) is 0.294. The van der Waals surface area contributed by atoms with Gasteiger partial charge in [-0.05, 0) is 48.7 Å². The van der Waals surface area contributed by atoms with Crippen LogP contribution in [0, 0.1) is 5.82 Å². The van der Waals surface area contributed by atoms with Gasteiger partial charge in [-0.1, -0.05) is 6.07 Å². The number of rotatable bonds is 8. The molecule has 1 unspecified atom stereocenters. The number of halogens is 1. The van der Waals surface area contributed by atoms with Gasteiger partial charge in [0.2, 0.25) is 16.0 Å². The molecule has 15 heteroatoms. The van der Waals surface area contributed by atoms with Crippen LogP contribution in [0.25, 0.3) is 22.3 Å². The maximum Gasteiger partial charge on any atom is 0.252 e. The van der Waals surface area contributed by atoms with Gasteiger partial charge in [-0.15, -0.1) is 0 Å². The second-order valence-corrected chi connectivity index (χ2v) is 12.1. The van der Waals surface area contributed by atoms with Crippen LogP contribution in [0.15, 0.2) is 59.7 Å². The molecule has 1 aliphatic heterocycles. The van der Waals surface area contributed by atoms with E-state index >= 15 is 0 Å². The Morgan fingerprint density at radius 2 is 1.88 bits per heavy atom. The minimum absolute atomic E-state index is 0.0109. The number of fused-ring (bicyclic) bond motifs is 1. The normalized spacial score (nSPS) is 15.7. The largest absolute Gasteiger partial charge is 0.755 e. The Bertz CT molecular complexity index is 1740. The van der Waals surface area contributed by atoms with Crippen molar-refractivity contribution < 1.29 is 21.6 Å². The molecule has 0 spiro atoms. The molecular weight excluding hydrogens is 561 g/mol. The number of hydrogen-bond donors (Lipinski definition) is 2. The van der Waals surface area contributed by atoms with Gasteiger partial charge in [0.1, 0.15) is 11.5 Å². The molecule has 4 heterocycles. The Morgan fingerprint density at radius 1 is 1.10 bits per heavy atom. The van der Waals surface area contributed by atoms with E-state index in [2.05, 4.69) is 25.0 Å². The number of aromatic nitrogens is 4. The van der Waals surface area contributed by atoms with Gasteiger partial charge in [0.05, 0.1) is 18.5 Å². The summed E-state index contributed by atoms with van der Waals surface area (Å²) < 4.78 is 64.5. The van der Waals surface area contributed by atoms with Gasteiger partial charge in [0.25, 0.3) is 5.56 Å². The summed E-state index contributed by atoms with van der Waals surface area (Å²) in [7, 11) is -3.23. The lowest BCUT2D eigenvalue weighted by atomic mass is 10.1. The van der Waals surface area contributed by atoms with Gasteiger partial charge in [0, 0.05) is 65.5 Å². The van der Waals surface area contributed by atoms with Crippen LogP contribution in [0.5, 0.6) is 0 Å². The van der Waals surface area contributed by atoms with Crippen molar-refractivity contribution in [3.05, 3.63) is 76.6 Å². The van der Waals surface area contributed by atoms with E-state index in [0.29, 0.717) is 59.7 Å². The number of anilines is 2. The molecule has 1 saturated heterocycles. The fraction of sp³-hybridized carbons (Fsp3) is 0.280. The zero-order valence-electron chi connectivity index (χ0n) is 21.3. The van der Waals surface area contributed by atoms with E-state index in [1.54, 1.807) is 30.6 Å². The van der Waals surface area contributed by atoms with E-state index in [1.165, 1.54) is 33.3 Å². The molecule has 0 radical (unpaired) electrons. The van der Waals surface area contributed by atoms with Crippen molar-refractivity contribution >= 4 is 44.0 Å². The van der Waals surface area contributed by atoms with Crippen LogP contribution in [-0.2, 0) is 27.8 Å². The van der Waals surface area contributed by atoms with E-state index in [0.717, 1.165) is 6.07 Å². The molecule has 1 fully saturated rings. The third-order valence-corrected chi connectivity index (χ3v) is 8.24. The fourth-order valence-electron chi connectivity index (χ4n) is 4.57. The molecule has 3 aromatic heterocycles. The molecule has 0 bridgehead atoms. The van der Waals surface area contributed by atoms with Crippen LogP contribution < -0.4 is 15.6 Å². The van der Waals surface area contributed by atoms with E-state index in [1.807, 2.05) is 0 Å². The van der Waals surface area contributed by atoms with Gasteiger partial charge < -0.3 is 14.6 Å². The van der Waals surface area contributed by atoms with E-state index in [4.69, 9.17) is 0 Å². The molecule has 5 rings (SSSR count). The molecule has 0 saturated carbocycles. The number of pyridine rings is 2. The second-order valence-electron chi connectivity index (χ2n) is 9.43. The number of nitrogens with zero attached hydrogens (tertiary/aromatic N) is 5. The molecule has 12 nitrogen and oxygen atoms in total. The highest BCUT2D eigenvalue weighted by Crippen LogP contribution is 2.24. The highest BCUT2D eigenvalue weighted by Gasteiger charge is 2.25. The van der Waals surface area contributed by atoms with Crippen LogP contribution >= 0.6 is 0 Å². The highest BCUT2D eigenvalue weighted by atomic mass is 32.2. The first kappa shape index (κ1) is 27.8. The zero-order valence-corrected chi connectivity index (χ0v) is 22.9. The number of hydrogen-bond acceptors (Lipinski definition) is 9. The number of nitrogens with one attached hydrogen (secondary N) is 2. The van der Waals surface area contributed by atoms with E-state index in [9.17, 15) is 26.4 Å². The summed E-state index contributed by atoms with van der Waals surface area (Å²) in [6, 6.07) is 10.2. The molecule has 1 aromatic carbocycles. The molecule has 1 atom stereocenters. The number of piperidine rings is 1. The van der Waals surface area contributed by atoms with Crippen LogP contribution in [0.1, 0.15) is 18.4 Å². The van der Waals surface area contributed by atoms with Crippen molar-refractivity contribution in [1.29, 1.82) is 0 Å². The topological polar surface area (TPSA) is 162 Å². The maximum atomic E-state index is 14.0. The number of sulfonamides is 1. The lowest BCUT2D eigenvalue weighted by Gasteiger charge is -2.30. The predicted molar refractivity (Wildman–Crippen MR) is 148 cm³/mol. The summed E-state index contributed by atoms with van der Waals surface area (Å²) in [5.41, 5.74) is 1.72. The molecule has 0 aliphatic carbocycles. The predicted octanol–water partition coefficient (Wildman–Crippen LogP) is 2.08. The summed E-state index contributed by atoms with van der Waals surface area (Å²) in [6.45, 7) is 0.977. The summed E-state index contributed by atoms with van der Waals surface area (Å²) in [5, 5.41) is 3.92. The Labute approximate surface area is 231 Å². The molecule has 1 aliphatic rings. The smallest absolute Gasteiger partial charge is 0.252 e. The summed E-state index contributed by atoms with van der Waals surface area (Å²) in [6.07, 6.45) is 5.58. The minimum Gasteiger partial charge on any atom is -0.755 e. The highest BCUT2D eigenvalue weighted by molar-refractivity contribution is 7.88. The minimum atomic E-state index is -3.23. The van der Waals surface area contributed by atoms with Crippen molar-refractivity contribution in [2.75, 3.05) is 29.4 Å². The molecule has 0 amide bonds. The lowest BCUT2D eigenvalue weighted by molar-refractivity contribution is 0.331. The third-order valence-electron chi connectivity index (χ3n) is 6.54. The second kappa shape index (κ2) is 11.4. The average Bonchev–Trinajstić information content (AvgIpc) is 2.90. The first-order valence-electron chi connectivity index (χ1n) is 12.3. The summed E-state index contributed by atoms with van der Waals surface area (Å²) in [4.78, 5) is 26.2. The Balaban J connectivity index is 1.36. The van der Waals surface area contributed by atoms with Crippen molar-refractivity contribution in [2.24, 2.45) is 0 Å². The molecular formula is C25H25FN7O5S2-. The maximum absolute atomic E-state index is 14.0. The van der Waals surface area contributed by atoms with E-state index < -0.39 is 27.1 Å². The average molecular weight is 587 g/mol. The Morgan fingerprint density at radius 3 is 2.55 bits per heavy atom. The fourth-order valence-corrected chi connectivity index (χ4v) is 5.76. The third kappa shape index (κ3) is 6.50. The SMILES string of the molecule is CS(=O)(=O)N1CCC(Nc2ncc3ccc(=O)n(Cc4ccc(-c5cc(F)cc(NS(=O)[O-])c5)nc4)c3n2)CC1. The van der Waals surface area contributed by atoms with Gasteiger partial charge in [-0.3, -0.25) is 18.6 Å². The molecule has 4 aromatic rings. The molecule has 2 N–H and O–H groups in total. The monoisotopic (exact) mass is 586 g/mol. The summed E-state index contributed by atoms with van der Waals surface area (Å²) in [5.74, 6) is -0.281. The Hall–Kier alpha value is -3.79. The van der Waals surface area contributed by atoms with Crippen molar-refractivity contribution in [3.63, 3.8) is 0 Å². The van der Waals surface area contributed by atoms with Crippen LogP contribution in [0.3, 0.4) is 0 Å². The first-order valence-corrected chi connectivity index (χ1v) is 15.2. The number of benzene rings is 1. The van der Waals surface area contributed by atoms with Gasteiger partial charge in [0.15, 0.2) is 0 Å². The molecule has 40 heavy (non-hydrogen) atoms. The van der Waals surface area contributed by atoms with E-state index in [-0.39, 0.29) is 23.8 Å². The molecule has 210 valence electrons. The lowest BCUT2D eigenvalue weighted by Crippen LogP contribution is -2.42. The summed E-state index contributed by atoms with van der Waals surface area (Å²) >= 11 is -2.60. The zero-order chi connectivity index (χ0) is 28.4.